The maximum atomic E-state index is 13.3. The number of nitrogens with one attached hydrogen (secondary N) is 4. The monoisotopic (exact) mass is 566 g/mol. The molecular formula is C31H39FN4O5. The van der Waals surface area contributed by atoms with Crippen molar-refractivity contribution in [2.75, 3.05) is 13.1 Å². The Kier molecular flexibility index (Phi) is 8.33. The number of fused-ring (bicyclic) bond motifs is 1. The van der Waals surface area contributed by atoms with Crippen LogP contribution in [0.25, 0.3) is 22.0 Å². The van der Waals surface area contributed by atoms with Gasteiger partial charge in [-0.1, -0.05) is 24.3 Å². The van der Waals surface area contributed by atoms with E-state index >= 15 is 0 Å². The molecule has 4 N–H and O–H groups in total. The topological polar surface area (TPSA) is 122 Å². The number of hydrogen-bond donors (Lipinski definition) is 4. The fraction of sp³-hybridized carbons (Fsp3) is 0.452. The van der Waals surface area contributed by atoms with Gasteiger partial charge >= 0.3 is 12.2 Å². The SMILES string of the molecule is CC(C)(C)OC(=O)NCC[C@@H]1C[C@]1(CNC(=O)c1cc2ccc(-c3ccc(F)cc3)cc2[nH]1)NC(=O)OC(C)(C)C. The van der Waals surface area contributed by atoms with Crippen LogP contribution in [0.2, 0.25) is 0 Å². The number of aromatic nitrogens is 1. The zero-order valence-electron chi connectivity index (χ0n) is 24.4. The number of ether oxygens (including phenoxy) is 2. The number of H-pyrrole nitrogens is 1. The molecule has 41 heavy (non-hydrogen) atoms. The summed E-state index contributed by atoms with van der Waals surface area (Å²) < 4.78 is 24.1. The van der Waals surface area contributed by atoms with Crippen LogP contribution in [0.15, 0.2) is 48.5 Å². The van der Waals surface area contributed by atoms with Crippen LogP contribution < -0.4 is 16.0 Å². The van der Waals surface area contributed by atoms with Gasteiger partial charge in [-0.25, -0.2) is 14.0 Å². The van der Waals surface area contributed by atoms with Crippen LogP contribution in [0.1, 0.15) is 64.9 Å². The average molecular weight is 567 g/mol. The van der Waals surface area contributed by atoms with Gasteiger partial charge < -0.3 is 30.4 Å². The van der Waals surface area contributed by atoms with E-state index in [9.17, 15) is 18.8 Å². The molecule has 0 aliphatic heterocycles. The number of hydrogen-bond acceptors (Lipinski definition) is 5. The molecule has 1 saturated carbocycles. The summed E-state index contributed by atoms with van der Waals surface area (Å²) in [6.07, 6.45) is 0.145. The highest BCUT2D eigenvalue weighted by molar-refractivity contribution is 5.99. The smallest absolute Gasteiger partial charge is 0.408 e. The van der Waals surface area contributed by atoms with Gasteiger partial charge in [0.1, 0.15) is 22.7 Å². The maximum absolute atomic E-state index is 13.3. The first-order valence-corrected chi connectivity index (χ1v) is 13.8. The number of rotatable bonds is 8. The summed E-state index contributed by atoms with van der Waals surface area (Å²) in [7, 11) is 0. The quantitative estimate of drug-likeness (QED) is 0.270. The van der Waals surface area contributed by atoms with E-state index in [4.69, 9.17) is 9.47 Å². The first-order valence-electron chi connectivity index (χ1n) is 13.8. The lowest BCUT2D eigenvalue weighted by molar-refractivity contribution is 0.0479. The molecule has 1 aromatic heterocycles. The van der Waals surface area contributed by atoms with Crippen molar-refractivity contribution in [3.63, 3.8) is 0 Å². The number of aromatic amines is 1. The molecule has 0 saturated heterocycles. The van der Waals surface area contributed by atoms with Gasteiger partial charge in [-0.2, -0.15) is 0 Å². The van der Waals surface area contributed by atoms with Crippen LogP contribution in [0.5, 0.6) is 0 Å². The predicted octanol–water partition coefficient (Wildman–Crippen LogP) is 5.90. The predicted molar refractivity (Wildman–Crippen MR) is 155 cm³/mol. The van der Waals surface area contributed by atoms with Crippen LogP contribution in [0.4, 0.5) is 14.0 Å². The fourth-order valence-electron chi connectivity index (χ4n) is 4.75. The Hall–Kier alpha value is -4.08. The van der Waals surface area contributed by atoms with Gasteiger partial charge in [0.25, 0.3) is 5.91 Å². The van der Waals surface area contributed by atoms with Crippen molar-refractivity contribution in [1.82, 2.24) is 20.9 Å². The van der Waals surface area contributed by atoms with E-state index < -0.39 is 28.9 Å². The summed E-state index contributed by atoms with van der Waals surface area (Å²) in [4.78, 5) is 41.0. The number of alkyl carbamates (subject to hydrolysis) is 2. The lowest BCUT2D eigenvalue weighted by atomic mass is 10.0. The summed E-state index contributed by atoms with van der Waals surface area (Å²) in [6.45, 7) is 11.3. The maximum Gasteiger partial charge on any atom is 0.408 e. The van der Waals surface area contributed by atoms with Crippen LogP contribution in [0, 0.1) is 11.7 Å². The van der Waals surface area contributed by atoms with Gasteiger partial charge in [-0.05, 0) is 95.7 Å². The van der Waals surface area contributed by atoms with Crippen molar-refractivity contribution in [1.29, 1.82) is 0 Å². The Balaban J connectivity index is 1.41. The minimum absolute atomic E-state index is 0.0197. The minimum Gasteiger partial charge on any atom is -0.444 e. The zero-order valence-corrected chi connectivity index (χ0v) is 24.4. The normalized spacial score (nSPS) is 18.5. The third-order valence-corrected chi connectivity index (χ3v) is 6.75. The molecule has 1 aliphatic carbocycles. The van der Waals surface area contributed by atoms with E-state index in [1.54, 1.807) is 59.7 Å². The van der Waals surface area contributed by atoms with Crippen molar-refractivity contribution in [3.05, 3.63) is 60.0 Å². The van der Waals surface area contributed by atoms with Crippen molar-refractivity contribution < 1.29 is 28.2 Å². The summed E-state index contributed by atoms with van der Waals surface area (Å²) in [5.41, 5.74) is 0.950. The lowest BCUT2D eigenvalue weighted by Crippen LogP contribution is -2.49. The van der Waals surface area contributed by atoms with Gasteiger partial charge in [0.15, 0.2) is 0 Å². The molecule has 0 unspecified atom stereocenters. The first-order chi connectivity index (χ1) is 19.1. The highest BCUT2D eigenvalue weighted by atomic mass is 19.1. The van der Waals surface area contributed by atoms with E-state index in [0.717, 1.165) is 22.0 Å². The Morgan fingerprint density at radius 1 is 0.902 bits per heavy atom. The van der Waals surface area contributed by atoms with Crippen molar-refractivity contribution >= 4 is 29.0 Å². The highest BCUT2D eigenvalue weighted by Crippen LogP contribution is 2.45. The van der Waals surface area contributed by atoms with Gasteiger partial charge in [0.2, 0.25) is 0 Å². The molecule has 0 spiro atoms. The molecule has 10 heteroatoms. The molecule has 9 nitrogen and oxygen atoms in total. The summed E-state index contributed by atoms with van der Waals surface area (Å²) in [6, 6.07) is 13.7. The second-order valence-electron chi connectivity index (χ2n) is 12.6. The summed E-state index contributed by atoms with van der Waals surface area (Å²) in [5.74, 6) is -0.594. The molecule has 0 bridgehead atoms. The third-order valence-electron chi connectivity index (χ3n) is 6.75. The molecule has 220 valence electrons. The van der Waals surface area contributed by atoms with E-state index in [1.165, 1.54) is 12.1 Å². The molecule has 3 aromatic rings. The average Bonchev–Trinajstić information content (AvgIpc) is 3.33. The summed E-state index contributed by atoms with van der Waals surface area (Å²) >= 11 is 0. The van der Waals surface area contributed by atoms with Gasteiger partial charge in [0, 0.05) is 24.0 Å². The number of halogens is 1. The number of benzene rings is 2. The second-order valence-corrected chi connectivity index (χ2v) is 12.6. The van der Waals surface area contributed by atoms with Gasteiger partial charge in [0.05, 0.1) is 5.54 Å². The highest BCUT2D eigenvalue weighted by Gasteiger charge is 2.55. The minimum atomic E-state index is -0.699. The second kappa shape index (κ2) is 11.4. The van der Waals surface area contributed by atoms with E-state index in [2.05, 4.69) is 20.9 Å². The Bertz CT molecular complexity index is 1420. The molecule has 1 aliphatic rings. The fourth-order valence-corrected chi connectivity index (χ4v) is 4.75. The number of amides is 3. The molecular weight excluding hydrogens is 527 g/mol. The lowest BCUT2D eigenvalue weighted by Gasteiger charge is -2.25. The zero-order chi connectivity index (χ0) is 30.0. The molecule has 3 amide bonds. The van der Waals surface area contributed by atoms with Gasteiger partial charge in [-0.15, -0.1) is 0 Å². The van der Waals surface area contributed by atoms with Crippen molar-refractivity contribution in [2.45, 2.75) is 71.1 Å². The van der Waals surface area contributed by atoms with Crippen LogP contribution in [0.3, 0.4) is 0 Å². The number of carbonyl (C=O) groups is 3. The van der Waals surface area contributed by atoms with E-state index in [0.29, 0.717) is 25.1 Å². The van der Waals surface area contributed by atoms with Crippen molar-refractivity contribution in [3.8, 4) is 11.1 Å². The van der Waals surface area contributed by atoms with Gasteiger partial charge in [-0.3, -0.25) is 4.79 Å². The molecule has 0 radical (unpaired) electrons. The summed E-state index contributed by atoms with van der Waals surface area (Å²) in [5, 5.41) is 9.52. The molecule has 1 heterocycles. The van der Waals surface area contributed by atoms with E-state index in [1.807, 2.05) is 18.2 Å². The first kappa shape index (κ1) is 29.9. The standard InChI is InChI=1S/C31H39FN4O5/c1-29(2,3)40-27(38)33-14-13-22-17-31(22,36-28(39)41-30(4,5)6)18-34-26(37)25-16-21-8-7-20(15-24(21)35-25)19-9-11-23(32)12-10-19/h7-12,15-16,22,35H,13-14,17-18H2,1-6H3,(H,33,38)(H,34,37)(H,36,39)/t22-,31-/m1/s1. The molecule has 1 fully saturated rings. The van der Waals surface area contributed by atoms with Crippen molar-refractivity contribution in [2.24, 2.45) is 5.92 Å². The largest absolute Gasteiger partial charge is 0.444 e. The Morgan fingerprint density at radius 2 is 1.54 bits per heavy atom. The number of carbonyl (C=O) groups excluding carboxylic acids is 3. The Morgan fingerprint density at radius 3 is 2.20 bits per heavy atom. The van der Waals surface area contributed by atoms with Crippen LogP contribution >= 0.6 is 0 Å². The van der Waals surface area contributed by atoms with E-state index in [-0.39, 0.29) is 24.2 Å². The Labute approximate surface area is 239 Å². The molecule has 2 aromatic carbocycles. The molecule has 4 rings (SSSR count). The third kappa shape index (κ3) is 8.22. The van der Waals surface area contributed by atoms with Crippen LogP contribution in [-0.4, -0.2) is 52.9 Å². The molecule has 2 atom stereocenters. The van der Waals surface area contributed by atoms with Crippen LogP contribution in [-0.2, 0) is 9.47 Å².